The van der Waals surface area contributed by atoms with Crippen molar-refractivity contribution in [2.75, 3.05) is 40.9 Å². The number of phosphoric acid groups is 1. The first kappa shape index (κ1) is 78.5. The maximum atomic E-state index is 13.6. The van der Waals surface area contributed by atoms with Gasteiger partial charge in [0, 0.05) is 12.8 Å². The Morgan fingerprint density at radius 1 is 0.432 bits per heavy atom. The van der Waals surface area contributed by atoms with Crippen LogP contribution in [-0.2, 0) is 27.9 Å². The quantitative estimate of drug-likeness (QED) is 0.0205. The molecule has 0 aromatic heterocycles. The summed E-state index contributed by atoms with van der Waals surface area (Å²) in [7, 11) is 1.49. The zero-order valence-electron chi connectivity index (χ0n) is 54.0. The van der Waals surface area contributed by atoms with Crippen molar-refractivity contribution >= 4 is 19.7 Å². The number of phosphoric ester groups is 1. The van der Waals surface area contributed by atoms with E-state index in [-0.39, 0.29) is 31.5 Å². The predicted octanol–water partition coefficient (Wildman–Crippen LogP) is 21.6. The summed E-state index contributed by atoms with van der Waals surface area (Å²) in [5, 5.41) is 3.06. The van der Waals surface area contributed by atoms with E-state index in [1.165, 1.54) is 193 Å². The van der Waals surface area contributed by atoms with Crippen molar-refractivity contribution in [1.82, 2.24) is 5.32 Å². The van der Waals surface area contributed by atoms with E-state index in [9.17, 15) is 19.0 Å². The highest BCUT2D eigenvalue weighted by atomic mass is 31.2. The number of unbranched alkanes of at least 4 members (excludes halogenated alkanes) is 36. The molecule has 3 atom stereocenters. The first-order chi connectivity index (χ1) is 39.4. The summed E-state index contributed by atoms with van der Waals surface area (Å²) in [4.78, 5) is 37.8. The Morgan fingerprint density at radius 3 is 1.15 bits per heavy atom. The van der Waals surface area contributed by atoms with Crippen molar-refractivity contribution < 1.29 is 37.3 Å². The molecule has 3 unspecified atom stereocenters. The van der Waals surface area contributed by atoms with Crippen LogP contribution in [0.2, 0.25) is 0 Å². The Hall–Kier alpha value is -2.55. The first-order valence-corrected chi connectivity index (χ1v) is 35.8. The Kier molecular flexibility index (Phi) is 58.7. The lowest BCUT2D eigenvalue weighted by molar-refractivity contribution is -0.870. The van der Waals surface area contributed by atoms with Gasteiger partial charge in [0.2, 0.25) is 5.91 Å². The van der Waals surface area contributed by atoms with Gasteiger partial charge in [-0.1, -0.05) is 274 Å². The van der Waals surface area contributed by atoms with Crippen LogP contribution in [-0.4, -0.2) is 74.3 Å². The van der Waals surface area contributed by atoms with Gasteiger partial charge in [0.25, 0.3) is 0 Å². The Balaban J connectivity index is 5.06. The molecule has 0 radical (unpaired) electrons. The van der Waals surface area contributed by atoms with Gasteiger partial charge in [0.1, 0.15) is 19.3 Å². The van der Waals surface area contributed by atoms with Crippen LogP contribution in [0.4, 0.5) is 0 Å². The van der Waals surface area contributed by atoms with Crippen molar-refractivity contribution in [3.05, 3.63) is 72.9 Å². The third kappa shape index (κ3) is 61.8. The number of carbonyl (C=O) groups excluding carboxylic acids is 2. The third-order valence-corrected chi connectivity index (χ3v) is 16.1. The van der Waals surface area contributed by atoms with Gasteiger partial charge >= 0.3 is 13.8 Å². The molecule has 0 aromatic rings. The van der Waals surface area contributed by atoms with Crippen LogP contribution in [0.3, 0.4) is 0 Å². The molecular formula is C71H132N2O7P+. The fourth-order valence-corrected chi connectivity index (χ4v) is 10.5. The minimum Gasteiger partial charge on any atom is -0.456 e. The summed E-state index contributed by atoms with van der Waals surface area (Å²) in [5.41, 5.74) is 0. The molecule has 1 amide bonds. The lowest BCUT2D eigenvalue weighted by Gasteiger charge is -2.27. The van der Waals surface area contributed by atoms with Crippen LogP contribution >= 0.6 is 7.82 Å². The van der Waals surface area contributed by atoms with E-state index in [4.69, 9.17) is 13.8 Å². The maximum Gasteiger partial charge on any atom is 0.472 e. The van der Waals surface area contributed by atoms with E-state index in [2.05, 4.69) is 86.8 Å². The van der Waals surface area contributed by atoms with Crippen LogP contribution in [0.5, 0.6) is 0 Å². The summed E-state index contributed by atoms with van der Waals surface area (Å²) in [6.07, 6.45) is 79.1. The number of allylic oxidation sites excluding steroid dienone is 11. The summed E-state index contributed by atoms with van der Waals surface area (Å²) < 4.78 is 30.8. The number of ether oxygens (including phenoxy) is 1. The highest BCUT2D eigenvalue weighted by molar-refractivity contribution is 7.47. The molecule has 0 aliphatic heterocycles. The normalized spacial score (nSPS) is 14.0. The Morgan fingerprint density at radius 2 is 0.753 bits per heavy atom. The average Bonchev–Trinajstić information content (AvgIpc) is 3.43. The minimum absolute atomic E-state index is 0.0361. The van der Waals surface area contributed by atoms with E-state index >= 15 is 0 Å². The van der Waals surface area contributed by atoms with Gasteiger partial charge in [-0.2, -0.15) is 0 Å². The largest absolute Gasteiger partial charge is 0.472 e. The molecule has 9 nitrogen and oxygen atoms in total. The first-order valence-electron chi connectivity index (χ1n) is 34.3. The molecule has 472 valence electrons. The fraction of sp³-hybridized carbons (Fsp3) is 0.803. The number of rotatable bonds is 62. The van der Waals surface area contributed by atoms with E-state index in [0.717, 1.165) is 89.9 Å². The van der Waals surface area contributed by atoms with Crippen molar-refractivity contribution in [1.29, 1.82) is 0 Å². The zero-order valence-corrected chi connectivity index (χ0v) is 54.9. The molecular weight excluding hydrogens is 1020 g/mol. The van der Waals surface area contributed by atoms with Gasteiger partial charge in [0.05, 0.1) is 33.8 Å². The molecule has 0 fully saturated rings. The van der Waals surface area contributed by atoms with Gasteiger partial charge in [0.15, 0.2) is 0 Å². The van der Waals surface area contributed by atoms with Crippen LogP contribution in [0, 0.1) is 0 Å². The number of nitrogens with zero attached hydrogens (tertiary/aromatic N) is 1. The molecule has 10 heteroatoms. The highest BCUT2D eigenvalue weighted by Crippen LogP contribution is 2.43. The van der Waals surface area contributed by atoms with Gasteiger partial charge in [-0.3, -0.25) is 18.6 Å². The van der Waals surface area contributed by atoms with Gasteiger partial charge in [-0.15, -0.1) is 0 Å². The van der Waals surface area contributed by atoms with Crippen molar-refractivity contribution in [2.45, 2.75) is 328 Å². The average molecular weight is 1160 g/mol. The fourth-order valence-electron chi connectivity index (χ4n) is 9.80. The number of quaternary nitrogens is 1. The van der Waals surface area contributed by atoms with Crippen LogP contribution in [0.15, 0.2) is 72.9 Å². The van der Waals surface area contributed by atoms with E-state index in [1.54, 1.807) is 0 Å². The number of carbonyl (C=O) groups is 2. The third-order valence-electron chi connectivity index (χ3n) is 15.1. The Bertz CT molecular complexity index is 1620. The molecule has 0 aliphatic rings. The number of nitrogens with one attached hydrogen (secondary N) is 1. The second-order valence-corrected chi connectivity index (χ2v) is 25.8. The number of amides is 1. The van der Waals surface area contributed by atoms with Crippen LogP contribution < -0.4 is 5.32 Å². The SMILES string of the molecule is CCCCC/C=C\C/C=C\C/C=C\CCCCCCCCC(=O)NC(COP(=O)(O)OCC[N+](C)(C)C)C(/C=C\CCCCCCCCCCC)OC(=O)CCCCCCCCCCCCCCCCC/C=C\C/C=C\CCCCC. The molecule has 0 aliphatic carbocycles. The van der Waals surface area contributed by atoms with Crippen LogP contribution in [0.25, 0.3) is 0 Å². The predicted molar refractivity (Wildman–Crippen MR) is 351 cm³/mol. The molecule has 0 saturated carbocycles. The molecule has 0 spiro atoms. The monoisotopic (exact) mass is 1160 g/mol. The number of esters is 1. The van der Waals surface area contributed by atoms with Gasteiger partial charge in [-0.05, 0) is 102 Å². The highest BCUT2D eigenvalue weighted by Gasteiger charge is 2.30. The summed E-state index contributed by atoms with van der Waals surface area (Å²) in [5.74, 6) is -0.513. The molecule has 0 rings (SSSR count). The molecule has 0 heterocycles. The van der Waals surface area contributed by atoms with Crippen LogP contribution in [0.1, 0.15) is 316 Å². The molecule has 0 aromatic carbocycles. The Labute approximate surface area is 502 Å². The molecule has 81 heavy (non-hydrogen) atoms. The van der Waals surface area contributed by atoms with Crippen molar-refractivity contribution in [2.24, 2.45) is 0 Å². The molecule has 0 bridgehead atoms. The summed E-state index contributed by atoms with van der Waals surface area (Å²) in [6, 6.07) is -0.857. The molecule has 0 saturated heterocycles. The van der Waals surface area contributed by atoms with Gasteiger partial charge in [-0.25, -0.2) is 4.57 Å². The maximum absolute atomic E-state index is 13.6. The second kappa shape index (κ2) is 60.6. The number of hydrogen-bond acceptors (Lipinski definition) is 6. The topological polar surface area (TPSA) is 111 Å². The number of hydrogen-bond donors (Lipinski definition) is 2. The van der Waals surface area contributed by atoms with Crippen molar-refractivity contribution in [3.63, 3.8) is 0 Å². The minimum atomic E-state index is -4.46. The number of likely N-dealkylation sites (N-methyl/N-ethyl adjacent to an activating group) is 1. The zero-order chi connectivity index (χ0) is 59.3. The van der Waals surface area contributed by atoms with Crippen molar-refractivity contribution in [3.8, 4) is 0 Å². The lowest BCUT2D eigenvalue weighted by atomic mass is 10.0. The standard InChI is InChI=1S/C71H131N2O7P/c1-7-10-13-16-19-22-25-27-29-31-33-34-35-36-37-38-40-42-44-46-49-52-55-58-61-64-71(75)80-69(62-59-56-53-50-47-24-21-18-15-12-9-3)68(67-79-81(76,77)78-66-65-73(4,5)6)72-70(74)63-60-57-54-51-48-45-43-41-39-32-30-28-26-23-20-17-14-11-8-2/h19-20,22-23,27-30,39,41,59,62,68-69H,7-18,21,24-26,31-38,40,42-58,60-61,63-67H2,1-6H3,(H-,72,74,76,77)/p+1/b22-19-,23-20-,29-27-,30-28-,41-39-,62-59-. The smallest absolute Gasteiger partial charge is 0.456 e. The second-order valence-electron chi connectivity index (χ2n) is 24.3. The van der Waals surface area contributed by atoms with E-state index in [0.29, 0.717) is 17.4 Å². The van der Waals surface area contributed by atoms with E-state index < -0.39 is 20.0 Å². The summed E-state index contributed by atoms with van der Waals surface area (Å²) >= 11 is 0. The summed E-state index contributed by atoms with van der Waals surface area (Å²) in [6.45, 7) is 6.97. The lowest BCUT2D eigenvalue weighted by Crippen LogP contribution is -2.47. The van der Waals surface area contributed by atoms with E-state index in [1.807, 2.05) is 33.3 Å². The van der Waals surface area contributed by atoms with Gasteiger partial charge < -0.3 is 19.4 Å². The molecule has 2 N–H and O–H groups in total.